The van der Waals surface area contributed by atoms with Gasteiger partial charge in [0.15, 0.2) is 9.84 Å². The van der Waals surface area contributed by atoms with Crippen LogP contribution < -0.4 is 5.73 Å². The highest BCUT2D eigenvalue weighted by atomic mass is 32.2. The van der Waals surface area contributed by atoms with E-state index < -0.39 is 49.3 Å². The van der Waals surface area contributed by atoms with Gasteiger partial charge in [-0.05, 0) is 24.3 Å². The maximum atomic E-state index is 12.9. The molecule has 1 fully saturated rings. The minimum atomic E-state index is -4.08. The number of aliphatic hydroxyl groups excluding tert-OH is 1. The molecule has 7 nitrogen and oxygen atoms in total. The van der Waals surface area contributed by atoms with Crippen LogP contribution >= 0.6 is 0 Å². The molecular formula is C12H17FN2O5S2. The van der Waals surface area contributed by atoms with Crippen LogP contribution in [0.2, 0.25) is 0 Å². The molecule has 0 saturated carbocycles. The van der Waals surface area contributed by atoms with Crippen LogP contribution in [0.25, 0.3) is 0 Å². The van der Waals surface area contributed by atoms with Crippen molar-refractivity contribution in [3.63, 3.8) is 0 Å². The summed E-state index contributed by atoms with van der Waals surface area (Å²) in [5.41, 5.74) is 5.41. The van der Waals surface area contributed by atoms with E-state index in [1.165, 1.54) is 0 Å². The van der Waals surface area contributed by atoms with E-state index in [1.54, 1.807) is 0 Å². The van der Waals surface area contributed by atoms with Crippen molar-refractivity contribution < 1.29 is 26.3 Å². The molecule has 0 aliphatic carbocycles. The number of nitrogens with zero attached hydrogens (tertiary/aromatic N) is 1. The normalized spacial score (nSPS) is 24.7. The Bertz CT molecular complexity index is 733. The van der Waals surface area contributed by atoms with Crippen LogP contribution in [0.5, 0.6) is 0 Å². The predicted molar refractivity (Wildman–Crippen MR) is 77.8 cm³/mol. The molecule has 22 heavy (non-hydrogen) atoms. The van der Waals surface area contributed by atoms with Gasteiger partial charge in [-0.15, -0.1) is 0 Å². The molecule has 0 bridgehead atoms. The third-order valence-electron chi connectivity index (χ3n) is 3.43. The Morgan fingerprint density at radius 3 is 2.32 bits per heavy atom. The van der Waals surface area contributed by atoms with Gasteiger partial charge in [-0.25, -0.2) is 21.2 Å². The van der Waals surface area contributed by atoms with Crippen molar-refractivity contribution in [3.05, 3.63) is 30.1 Å². The fourth-order valence-electron chi connectivity index (χ4n) is 2.42. The first-order valence-corrected chi connectivity index (χ1v) is 9.79. The van der Waals surface area contributed by atoms with Crippen molar-refractivity contribution in [2.45, 2.75) is 17.0 Å². The molecule has 1 aliphatic heterocycles. The van der Waals surface area contributed by atoms with Crippen LogP contribution in [0, 0.1) is 5.82 Å². The van der Waals surface area contributed by atoms with E-state index in [0.717, 1.165) is 28.6 Å². The Balaban J connectivity index is 2.41. The summed E-state index contributed by atoms with van der Waals surface area (Å²) < 4.78 is 62.3. The molecule has 10 heteroatoms. The zero-order chi connectivity index (χ0) is 16.5. The smallest absolute Gasteiger partial charge is 0.243 e. The molecule has 1 aliphatic rings. The Labute approximate surface area is 128 Å². The summed E-state index contributed by atoms with van der Waals surface area (Å²) in [7, 11) is -7.60. The highest BCUT2D eigenvalue weighted by Gasteiger charge is 2.44. The summed E-state index contributed by atoms with van der Waals surface area (Å²) in [5, 5.41) is 9.89. The third-order valence-corrected chi connectivity index (χ3v) is 7.07. The lowest BCUT2D eigenvalue weighted by atomic mass is 10.2. The van der Waals surface area contributed by atoms with Crippen LogP contribution in [-0.4, -0.2) is 63.0 Å². The predicted octanol–water partition coefficient (Wildman–Crippen LogP) is -1.07. The Kier molecular flexibility index (Phi) is 4.87. The van der Waals surface area contributed by atoms with Gasteiger partial charge in [0.25, 0.3) is 0 Å². The molecule has 0 unspecified atom stereocenters. The minimum Gasteiger partial charge on any atom is -0.390 e. The van der Waals surface area contributed by atoms with Crippen molar-refractivity contribution >= 4 is 19.9 Å². The number of halogens is 1. The van der Waals surface area contributed by atoms with Gasteiger partial charge in [0.2, 0.25) is 10.0 Å². The zero-order valence-electron chi connectivity index (χ0n) is 11.6. The van der Waals surface area contributed by atoms with E-state index in [-0.39, 0.29) is 18.0 Å². The summed E-state index contributed by atoms with van der Waals surface area (Å²) in [5.74, 6) is -1.54. The van der Waals surface area contributed by atoms with Gasteiger partial charge in [0, 0.05) is 13.1 Å². The largest absolute Gasteiger partial charge is 0.390 e. The lowest BCUT2D eigenvalue weighted by molar-refractivity contribution is 0.129. The van der Waals surface area contributed by atoms with Crippen molar-refractivity contribution in [1.29, 1.82) is 0 Å². The highest BCUT2D eigenvalue weighted by Crippen LogP contribution is 2.25. The molecule has 2 rings (SSSR count). The number of hydrogen-bond acceptors (Lipinski definition) is 6. The lowest BCUT2D eigenvalue weighted by Crippen LogP contribution is -2.48. The average Bonchev–Trinajstić information content (AvgIpc) is 2.69. The molecule has 3 N–H and O–H groups in total. The topological polar surface area (TPSA) is 118 Å². The van der Waals surface area contributed by atoms with Gasteiger partial charge in [0.05, 0.1) is 28.5 Å². The Morgan fingerprint density at radius 1 is 1.27 bits per heavy atom. The monoisotopic (exact) mass is 352 g/mol. The van der Waals surface area contributed by atoms with E-state index >= 15 is 0 Å². The zero-order valence-corrected chi connectivity index (χ0v) is 13.2. The quantitative estimate of drug-likeness (QED) is 0.697. The fourth-order valence-corrected chi connectivity index (χ4v) is 5.98. The third kappa shape index (κ3) is 3.46. The van der Waals surface area contributed by atoms with Crippen molar-refractivity contribution in [3.8, 4) is 0 Å². The van der Waals surface area contributed by atoms with Gasteiger partial charge >= 0.3 is 0 Å². The molecule has 1 aromatic carbocycles. The van der Waals surface area contributed by atoms with Crippen molar-refractivity contribution in [2.75, 3.05) is 24.6 Å². The van der Waals surface area contributed by atoms with Gasteiger partial charge in [-0.1, -0.05) is 0 Å². The summed E-state index contributed by atoms with van der Waals surface area (Å²) in [4.78, 5) is -0.182. The molecule has 124 valence electrons. The number of benzene rings is 1. The number of nitrogens with two attached hydrogens (primary N) is 1. The molecule has 0 radical (unpaired) electrons. The number of sulfone groups is 1. The molecule has 1 heterocycles. The molecule has 2 atom stereocenters. The van der Waals surface area contributed by atoms with E-state index in [4.69, 9.17) is 5.73 Å². The minimum absolute atomic E-state index is 0.0380. The van der Waals surface area contributed by atoms with Crippen LogP contribution in [0.1, 0.15) is 0 Å². The molecule has 0 spiro atoms. The maximum absolute atomic E-state index is 12.9. The van der Waals surface area contributed by atoms with E-state index in [0.29, 0.717) is 0 Å². The van der Waals surface area contributed by atoms with Gasteiger partial charge in [0.1, 0.15) is 5.82 Å². The van der Waals surface area contributed by atoms with E-state index in [9.17, 15) is 26.3 Å². The van der Waals surface area contributed by atoms with Gasteiger partial charge in [-0.3, -0.25) is 0 Å². The van der Waals surface area contributed by atoms with E-state index in [2.05, 4.69) is 0 Å². The summed E-state index contributed by atoms with van der Waals surface area (Å²) >= 11 is 0. The first kappa shape index (κ1) is 17.3. The van der Waals surface area contributed by atoms with Crippen LogP contribution in [0.3, 0.4) is 0 Å². The first-order chi connectivity index (χ1) is 10.2. The van der Waals surface area contributed by atoms with Gasteiger partial charge < -0.3 is 10.8 Å². The van der Waals surface area contributed by atoms with Crippen LogP contribution in [-0.2, 0) is 19.9 Å². The second-order valence-electron chi connectivity index (χ2n) is 5.07. The summed E-state index contributed by atoms with van der Waals surface area (Å²) in [6, 6.07) is 3.07. The second-order valence-corrected chi connectivity index (χ2v) is 9.11. The molecule has 1 aromatic rings. The first-order valence-electron chi connectivity index (χ1n) is 6.53. The Hall–Kier alpha value is -1.07. The number of aliphatic hydroxyl groups is 1. The van der Waals surface area contributed by atoms with Crippen LogP contribution in [0.15, 0.2) is 29.2 Å². The lowest BCUT2D eigenvalue weighted by Gasteiger charge is -2.28. The number of hydrogen-bond donors (Lipinski definition) is 2. The van der Waals surface area contributed by atoms with Crippen molar-refractivity contribution in [1.82, 2.24) is 4.31 Å². The summed E-state index contributed by atoms with van der Waals surface area (Å²) in [6.45, 7) is -0.180. The van der Waals surface area contributed by atoms with Crippen molar-refractivity contribution in [2.24, 2.45) is 5.73 Å². The second kappa shape index (κ2) is 6.20. The molecule has 0 amide bonds. The Morgan fingerprint density at radius 2 is 1.86 bits per heavy atom. The SMILES string of the molecule is NCCN([C@H]1CS(=O)(=O)C[C@@H]1O)S(=O)(=O)c1ccc(F)cc1. The van der Waals surface area contributed by atoms with Crippen LogP contribution in [0.4, 0.5) is 4.39 Å². The molecule has 0 aromatic heterocycles. The van der Waals surface area contributed by atoms with Gasteiger partial charge in [-0.2, -0.15) is 4.31 Å². The highest BCUT2D eigenvalue weighted by molar-refractivity contribution is 7.92. The standard InChI is InChI=1S/C12H17FN2O5S2/c13-9-1-3-10(4-2-9)22(19,20)15(6-5-14)11-7-21(17,18)8-12(11)16/h1-4,11-12,16H,5-8,14H2/t11-,12-/m0/s1. The number of sulfonamides is 1. The molecular weight excluding hydrogens is 335 g/mol. The molecule has 1 saturated heterocycles. The van der Waals surface area contributed by atoms with E-state index in [1.807, 2.05) is 0 Å². The average molecular weight is 352 g/mol. The fraction of sp³-hybridized carbons (Fsp3) is 0.500. The summed E-state index contributed by atoms with van der Waals surface area (Å²) in [6.07, 6.45) is -1.31. The maximum Gasteiger partial charge on any atom is 0.243 e. The number of rotatable bonds is 5.